The van der Waals surface area contributed by atoms with Crippen LogP contribution in [0.25, 0.3) is 0 Å². The maximum Gasteiger partial charge on any atom is 0.211 e. The van der Waals surface area contributed by atoms with Crippen LogP contribution in [0.1, 0.15) is 17.2 Å². The normalized spacial score (nSPS) is 17.6. The molecule has 4 heteroatoms. The molecule has 1 atom stereocenters. The van der Waals surface area contributed by atoms with E-state index in [1.807, 2.05) is 54.6 Å². The van der Waals surface area contributed by atoms with Crippen LogP contribution in [0.2, 0.25) is 0 Å². The average Bonchev–Trinajstić information content (AvgIpc) is 2.90. The predicted octanol–water partition coefficient (Wildman–Crippen LogP) is 2.31. The molecule has 1 unspecified atom stereocenters. The average molecular weight is 266 g/mol. The first-order valence-electron chi connectivity index (χ1n) is 6.36. The zero-order chi connectivity index (χ0) is 13.9. The lowest BCUT2D eigenvalue weighted by atomic mass is 9.98. The minimum absolute atomic E-state index is 0.0126. The lowest BCUT2D eigenvalue weighted by molar-refractivity contribution is -0.114. The summed E-state index contributed by atoms with van der Waals surface area (Å²) < 4.78 is 5.11. The summed E-state index contributed by atoms with van der Waals surface area (Å²) in [7, 11) is 1.61. The van der Waals surface area contributed by atoms with Gasteiger partial charge < -0.3 is 4.74 Å². The van der Waals surface area contributed by atoms with Gasteiger partial charge in [0.05, 0.1) is 7.11 Å². The van der Waals surface area contributed by atoms with Crippen LogP contribution in [-0.4, -0.2) is 18.6 Å². The summed E-state index contributed by atoms with van der Waals surface area (Å²) in [6.07, 6.45) is 0. The SMILES string of the molecule is COc1ccc(C2=NNC(c3ccccc3)C2=O)cc1. The van der Waals surface area contributed by atoms with Gasteiger partial charge in [0.2, 0.25) is 5.78 Å². The summed E-state index contributed by atoms with van der Waals surface area (Å²) in [5, 5.41) is 4.18. The fourth-order valence-electron chi connectivity index (χ4n) is 2.21. The number of hydrogen-bond donors (Lipinski definition) is 1. The minimum Gasteiger partial charge on any atom is -0.497 e. The molecule has 3 rings (SSSR count). The zero-order valence-corrected chi connectivity index (χ0v) is 11.0. The molecular weight excluding hydrogens is 252 g/mol. The first kappa shape index (κ1) is 12.4. The van der Waals surface area contributed by atoms with Gasteiger partial charge in [-0.15, -0.1) is 0 Å². The number of hydrogen-bond acceptors (Lipinski definition) is 4. The van der Waals surface area contributed by atoms with Crippen LogP contribution in [0.15, 0.2) is 59.7 Å². The van der Waals surface area contributed by atoms with Crippen molar-refractivity contribution in [2.75, 3.05) is 7.11 Å². The van der Waals surface area contributed by atoms with Crippen molar-refractivity contribution in [3.63, 3.8) is 0 Å². The number of methoxy groups -OCH3 is 1. The highest BCUT2D eigenvalue weighted by Gasteiger charge is 2.30. The highest BCUT2D eigenvalue weighted by molar-refractivity contribution is 6.48. The first-order chi connectivity index (χ1) is 9.79. The quantitative estimate of drug-likeness (QED) is 0.927. The summed E-state index contributed by atoms with van der Waals surface area (Å²) in [5.74, 6) is 0.744. The largest absolute Gasteiger partial charge is 0.497 e. The third-order valence-electron chi connectivity index (χ3n) is 3.30. The van der Waals surface area contributed by atoms with Gasteiger partial charge in [-0.3, -0.25) is 10.2 Å². The van der Waals surface area contributed by atoms with E-state index in [0.717, 1.165) is 16.9 Å². The van der Waals surface area contributed by atoms with Crippen LogP contribution >= 0.6 is 0 Å². The smallest absolute Gasteiger partial charge is 0.211 e. The van der Waals surface area contributed by atoms with Crippen LogP contribution in [0.5, 0.6) is 5.75 Å². The number of nitrogens with zero attached hydrogens (tertiary/aromatic N) is 1. The number of nitrogens with one attached hydrogen (secondary N) is 1. The Balaban J connectivity index is 1.84. The van der Waals surface area contributed by atoms with Crippen molar-refractivity contribution in [2.45, 2.75) is 6.04 Å². The second-order valence-corrected chi connectivity index (χ2v) is 4.53. The van der Waals surface area contributed by atoms with E-state index in [-0.39, 0.29) is 5.78 Å². The summed E-state index contributed by atoms with van der Waals surface area (Å²) in [6.45, 7) is 0. The second-order valence-electron chi connectivity index (χ2n) is 4.53. The summed E-state index contributed by atoms with van der Waals surface area (Å²) in [5.41, 5.74) is 5.08. The minimum atomic E-state index is -0.395. The number of rotatable bonds is 3. The number of carbonyl (C=O) groups is 1. The Morgan fingerprint density at radius 3 is 2.40 bits per heavy atom. The van der Waals surface area contributed by atoms with Gasteiger partial charge in [0.15, 0.2) is 0 Å². The van der Waals surface area contributed by atoms with Crippen molar-refractivity contribution >= 4 is 11.5 Å². The van der Waals surface area contributed by atoms with E-state index in [1.54, 1.807) is 7.11 Å². The number of benzene rings is 2. The van der Waals surface area contributed by atoms with Gasteiger partial charge in [-0.25, -0.2) is 0 Å². The van der Waals surface area contributed by atoms with Crippen molar-refractivity contribution in [3.8, 4) is 5.75 Å². The van der Waals surface area contributed by atoms with Gasteiger partial charge in [-0.2, -0.15) is 5.10 Å². The monoisotopic (exact) mass is 266 g/mol. The number of Topliss-reactive ketones (excluding diaryl/α,β-unsaturated/α-hetero) is 1. The van der Waals surface area contributed by atoms with Crippen LogP contribution in [0.4, 0.5) is 0 Å². The van der Waals surface area contributed by atoms with E-state index in [1.165, 1.54) is 0 Å². The Bertz CT molecular complexity index is 648. The molecule has 0 bridgehead atoms. The van der Waals surface area contributed by atoms with E-state index in [4.69, 9.17) is 4.74 Å². The van der Waals surface area contributed by atoms with Crippen molar-refractivity contribution in [1.29, 1.82) is 0 Å². The molecule has 4 nitrogen and oxygen atoms in total. The Morgan fingerprint density at radius 2 is 1.75 bits per heavy atom. The molecule has 0 saturated carbocycles. The Kier molecular flexibility index (Phi) is 3.21. The molecule has 100 valence electrons. The van der Waals surface area contributed by atoms with E-state index in [0.29, 0.717) is 5.71 Å². The molecule has 1 aliphatic heterocycles. The molecule has 0 radical (unpaired) electrons. The maximum atomic E-state index is 12.4. The molecule has 20 heavy (non-hydrogen) atoms. The van der Waals surface area contributed by atoms with Crippen molar-refractivity contribution < 1.29 is 9.53 Å². The lowest BCUT2D eigenvalue weighted by Gasteiger charge is -2.08. The van der Waals surface area contributed by atoms with Crippen LogP contribution in [0, 0.1) is 0 Å². The molecule has 0 fully saturated rings. The predicted molar refractivity (Wildman–Crippen MR) is 76.9 cm³/mol. The molecular formula is C16H14N2O2. The number of carbonyl (C=O) groups excluding carboxylic acids is 1. The molecule has 2 aromatic carbocycles. The van der Waals surface area contributed by atoms with Crippen molar-refractivity contribution in [1.82, 2.24) is 5.43 Å². The lowest BCUT2D eigenvalue weighted by Crippen LogP contribution is -2.21. The van der Waals surface area contributed by atoms with Crippen molar-refractivity contribution in [2.24, 2.45) is 5.10 Å². The summed E-state index contributed by atoms with van der Waals surface area (Å²) >= 11 is 0. The molecule has 1 aliphatic rings. The van der Waals surface area contributed by atoms with E-state index >= 15 is 0 Å². The third kappa shape index (κ3) is 2.16. The van der Waals surface area contributed by atoms with Crippen LogP contribution < -0.4 is 10.2 Å². The van der Waals surface area contributed by atoms with Crippen LogP contribution in [0.3, 0.4) is 0 Å². The third-order valence-corrected chi connectivity index (χ3v) is 3.30. The van der Waals surface area contributed by atoms with Gasteiger partial charge in [0.25, 0.3) is 0 Å². The van der Waals surface area contributed by atoms with Gasteiger partial charge >= 0.3 is 0 Å². The highest BCUT2D eigenvalue weighted by atomic mass is 16.5. The van der Waals surface area contributed by atoms with E-state index in [9.17, 15) is 4.79 Å². The maximum absolute atomic E-state index is 12.4. The molecule has 0 aliphatic carbocycles. The standard InChI is InChI=1S/C16H14N2O2/c1-20-13-9-7-12(8-10-13)15-16(19)14(17-18-15)11-5-3-2-4-6-11/h2-10,14,17H,1H3. The molecule has 0 aromatic heterocycles. The van der Waals surface area contributed by atoms with Gasteiger partial charge in [0.1, 0.15) is 17.5 Å². The molecule has 1 N–H and O–H groups in total. The van der Waals surface area contributed by atoms with Gasteiger partial charge in [-0.1, -0.05) is 30.3 Å². The van der Waals surface area contributed by atoms with Crippen molar-refractivity contribution in [3.05, 3.63) is 65.7 Å². The molecule has 0 amide bonds. The van der Waals surface area contributed by atoms with Crippen LogP contribution in [-0.2, 0) is 4.79 Å². The van der Waals surface area contributed by atoms with E-state index in [2.05, 4.69) is 10.5 Å². The highest BCUT2D eigenvalue weighted by Crippen LogP contribution is 2.22. The number of hydrazone groups is 1. The molecule has 1 heterocycles. The zero-order valence-electron chi connectivity index (χ0n) is 11.0. The Morgan fingerprint density at radius 1 is 1.05 bits per heavy atom. The number of ketones is 1. The fraction of sp³-hybridized carbons (Fsp3) is 0.125. The number of ether oxygens (including phenoxy) is 1. The first-order valence-corrected chi connectivity index (χ1v) is 6.36. The molecule has 0 saturated heterocycles. The summed E-state index contributed by atoms with van der Waals surface area (Å²) in [6, 6.07) is 16.5. The topological polar surface area (TPSA) is 50.7 Å². The summed E-state index contributed by atoms with van der Waals surface area (Å²) in [4.78, 5) is 12.4. The fourth-order valence-corrected chi connectivity index (χ4v) is 2.21. The second kappa shape index (κ2) is 5.17. The van der Waals surface area contributed by atoms with Gasteiger partial charge in [0, 0.05) is 5.56 Å². The van der Waals surface area contributed by atoms with E-state index < -0.39 is 6.04 Å². The Labute approximate surface area is 117 Å². The van der Waals surface area contributed by atoms with Gasteiger partial charge in [-0.05, 0) is 29.8 Å². The molecule has 2 aromatic rings. The molecule has 0 spiro atoms. The Hall–Kier alpha value is -2.62.